The standard InChI is InChI=1S/C16H19N3OS2/c1-10-17-15(21-9-13(20)19-7-2-3-8-19)14-11-5-4-6-12(11)22-16(14)18-10/h2-9H2,1H3. The zero-order valence-electron chi connectivity index (χ0n) is 12.7. The molecule has 4 rings (SSSR count). The smallest absolute Gasteiger partial charge is 0.232 e. The van der Waals surface area contributed by atoms with Gasteiger partial charge < -0.3 is 4.90 Å². The molecule has 116 valence electrons. The number of likely N-dealkylation sites (tertiary alicyclic amines) is 1. The van der Waals surface area contributed by atoms with E-state index in [9.17, 15) is 4.79 Å². The van der Waals surface area contributed by atoms with Gasteiger partial charge in [-0.25, -0.2) is 9.97 Å². The number of carbonyl (C=O) groups excluding carboxylic acids is 1. The van der Waals surface area contributed by atoms with Gasteiger partial charge in [0.2, 0.25) is 5.91 Å². The van der Waals surface area contributed by atoms with Gasteiger partial charge in [-0.2, -0.15) is 0 Å². The molecule has 4 nitrogen and oxygen atoms in total. The number of fused-ring (bicyclic) bond motifs is 3. The number of aryl methyl sites for hydroxylation is 3. The monoisotopic (exact) mass is 333 g/mol. The summed E-state index contributed by atoms with van der Waals surface area (Å²) >= 11 is 3.41. The van der Waals surface area contributed by atoms with E-state index in [0.29, 0.717) is 5.75 Å². The van der Waals surface area contributed by atoms with E-state index in [2.05, 4.69) is 9.97 Å². The molecule has 0 radical (unpaired) electrons. The lowest BCUT2D eigenvalue weighted by Crippen LogP contribution is -2.29. The predicted molar refractivity (Wildman–Crippen MR) is 90.7 cm³/mol. The Labute approximate surface area is 138 Å². The number of amides is 1. The molecule has 2 aromatic heterocycles. The minimum absolute atomic E-state index is 0.249. The van der Waals surface area contributed by atoms with Gasteiger partial charge in [-0.05, 0) is 44.6 Å². The lowest BCUT2D eigenvalue weighted by molar-refractivity contribution is -0.127. The van der Waals surface area contributed by atoms with Gasteiger partial charge in [0.05, 0.1) is 5.75 Å². The molecule has 1 aliphatic carbocycles. The van der Waals surface area contributed by atoms with Crippen LogP contribution in [0.1, 0.15) is 35.5 Å². The van der Waals surface area contributed by atoms with Crippen LogP contribution >= 0.6 is 23.1 Å². The summed E-state index contributed by atoms with van der Waals surface area (Å²) in [5, 5.41) is 2.23. The summed E-state index contributed by atoms with van der Waals surface area (Å²) in [4.78, 5) is 26.1. The minimum atomic E-state index is 0.249. The Morgan fingerprint density at radius 2 is 2.05 bits per heavy atom. The first-order valence-corrected chi connectivity index (χ1v) is 9.72. The fourth-order valence-electron chi connectivity index (χ4n) is 3.36. The Hall–Kier alpha value is -1.14. The van der Waals surface area contributed by atoms with Gasteiger partial charge in [0, 0.05) is 23.4 Å². The number of aromatic nitrogens is 2. The molecule has 1 fully saturated rings. The summed E-state index contributed by atoms with van der Waals surface area (Å²) in [5.41, 5.74) is 1.44. The second kappa shape index (κ2) is 5.81. The first-order chi connectivity index (χ1) is 10.7. The lowest BCUT2D eigenvalue weighted by atomic mass is 10.2. The van der Waals surface area contributed by atoms with Crippen LogP contribution < -0.4 is 0 Å². The van der Waals surface area contributed by atoms with Gasteiger partial charge >= 0.3 is 0 Å². The van der Waals surface area contributed by atoms with Gasteiger partial charge in [-0.15, -0.1) is 11.3 Å². The van der Waals surface area contributed by atoms with Gasteiger partial charge in [0.1, 0.15) is 15.7 Å². The summed E-state index contributed by atoms with van der Waals surface area (Å²) < 4.78 is 0. The molecule has 2 aromatic rings. The number of carbonyl (C=O) groups is 1. The Kier molecular flexibility index (Phi) is 3.82. The molecule has 0 saturated carbocycles. The first-order valence-electron chi connectivity index (χ1n) is 7.92. The summed E-state index contributed by atoms with van der Waals surface area (Å²) in [7, 11) is 0. The number of rotatable bonds is 3. The van der Waals surface area contributed by atoms with Crippen molar-refractivity contribution in [1.82, 2.24) is 14.9 Å². The fourth-order valence-corrected chi connectivity index (χ4v) is 5.73. The molecule has 0 atom stereocenters. The second-order valence-electron chi connectivity index (χ2n) is 5.99. The van der Waals surface area contributed by atoms with E-state index in [4.69, 9.17) is 0 Å². The van der Waals surface area contributed by atoms with Crippen molar-refractivity contribution in [3.8, 4) is 0 Å². The topological polar surface area (TPSA) is 46.1 Å². The molecular weight excluding hydrogens is 314 g/mol. The van der Waals surface area contributed by atoms with Crippen LogP contribution in [-0.4, -0.2) is 39.6 Å². The first kappa shape index (κ1) is 14.5. The third kappa shape index (κ3) is 2.52. The Morgan fingerprint density at radius 3 is 2.86 bits per heavy atom. The third-order valence-electron chi connectivity index (χ3n) is 4.43. The molecule has 22 heavy (non-hydrogen) atoms. The molecule has 0 unspecified atom stereocenters. The SMILES string of the molecule is Cc1nc(SCC(=O)N2CCCC2)c2c3c(sc2n1)CCC3. The lowest BCUT2D eigenvalue weighted by Gasteiger charge is -2.14. The largest absolute Gasteiger partial charge is 0.342 e. The summed E-state index contributed by atoms with van der Waals surface area (Å²) in [6.07, 6.45) is 5.83. The van der Waals surface area contributed by atoms with Crippen molar-refractivity contribution in [3.63, 3.8) is 0 Å². The van der Waals surface area contributed by atoms with E-state index in [-0.39, 0.29) is 5.91 Å². The van der Waals surface area contributed by atoms with Crippen molar-refractivity contribution in [1.29, 1.82) is 0 Å². The maximum atomic E-state index is 12.3. The van der Waals surface area contributed by atoms with Gasteiger partial charge in [-0.3, -0.25) is 4.79 Å². The van der Waals surface area contributed by atoms with E-state index in [1.165, 1.54) is 28.7 Å². The second-order valence-corrected chi connectivity index (χ2v) is 8.04. The van der Waals surface area contributed by atoms with Crippen LogP contribution in [0.15, 0.2) is 5.03 Å². The van der Waals surface area contributed by atoms with E-state index in [0.717, 1.165) is 48.0 Å². The molecule has 1 amide bonds. The quantitative estimate of drug-likeness (QED) is 0.639. The van der Waals surface area contributed by atoms with Crippen molar-refractivity contribution in [3.05, 3.63) is 16.3 Å². The van der Waals surface area contributed by atoms with Crippen LogP contribution in [-0.2, 0) is 17.6 Å². The van der Waals surface area contributed by atoms with Crippen LogP contribution in [0, 0.1) is 6.92 Å². The molecular formula is C16H19N3OS2. The molecule has 3 heterocycles. The van der Waals surface area contributed by atoms with E-state index in [1.54, 1.807) is 11.8 Å². The van der Waals surface area contributed by atoms with E-state index < -0.39 is 0 Å². The summed E-state index contributed by atoms with van der Waals surface area (Å²) in [5.74, 6) is 1.55. The van der Waals surface area contributed by atoms with Crippen molar-refractivity contribution >= 4 is 39.2 Å². The Morgan fingerprint density at radius 1 is 1.23 bits per heavy atom. The molecule has 0 spiro atoms. The number of hydrogen-bond donors (Lipinski definition) is 0. The van der Waals surface area contributed by atoms with E-state index >= 15 is 0 Å². The predicted octanol–water partition coefficient (Wildman–Crippen LogP) is 3.20. The molecule has 1 aliphatic heterocycles. The molecule has 1 saturated heterocycles. The number of thioether (sulfide) groups is 1. The average molecular weight is 333 g/mol. The minimum Gasteiger partial charge on any atom is -0.342 e. The third-order valence-corrected chi connectivity index (χ3v) is 6.58. The van der Waals surface area contributed by atoms with Crippen LogP contribution in [0.5, 0.6) is 0 Å². The van der Waals surface area contributed by atoms with Crippen molar-refractivity contribution in [2.75, 3.05) is 18.8 Å². The average Bonchev–Trinajstić information content (AvgIpc) is 3.19. The van der Waals surface area contributed by atoms with Crippen molar-refractivity contribution in [2.24, 2.45) is 0 Å². The number of thiophene rings is 1. The van der Waals surface area contributed by atoms with Crippen molar-refractivity contribution < 1.29 is 4.79 Å². The highest BCUT2D eigenvalue weighted by Gasteiger charge is 2.23. The number of hydrogen-bond acceptors (Lipinski definition) is 5. The highest BCUT2D eigenvalue weighted by Crippen LogP contribution is 2.40. The van der Waals surface area contributed by atoms with Gasteiger partial charge in [0.15, 0.2) is 0 Å². The maximum Gasteiger partial charge on any atom is 0.232 e. The Balaban J connectivity index is 1.61. The molecule has 2 aliphatic rings. The normalized spacial score (nSPS) is 17.4. The molecule has 6 heteroatoms. The molecule has 0 aromatic carbocycles. The van der Waals surface area contributed by atoms with Crippen LogP contribution in [0.3, 0.4) is 0 Å². The summed E-state index contributed by atoms with van der Waals surface area (Å²) in [6, 6.07) is 0. The zero-order valence-corrected chi connectivity index (χ0v) is 14.4. The zero-order chi connectivity index (χ0) is 15.1. The highest BCUT2D eigenvalue weighted by atomic mass is 32.2. The summed E-state index contributed by atoms with van der Waals surface area (Å²) in [6.45, 7) is 3.79. The van der Waals surface area contributed by atoms with Crippen LogP contribution in [0.2, 0.25) is 0 Å². The molecule has 0 N–H and O–H groups in total. The van der Waals surface area contributed by atoms with Crippen LogP contribution in [0.4, 0.5) is 0 Å². The Bertz CT molecular complexity index is 735. The highest BCUT2D eigenvalue weighted by molar-refractivity contribution is 8.00. The molecule has 0 bridgehead atoms. The van der Waals surface area contributed by atoms with E-state index in [1.807, 2.05) is 23.2 Å². The van der Waals surface area contributed by atoms with Gasteiger partial charge in [-0.1, -0.05) is 11.8 Å². The van der Waals surface area contributed by atoms with Gasteiger partial charge in [0.25, 0.3) is 0 Å². The van der Waals surface area contributed by atoms with Crippen molar-refractivity contribution in [2.45, 2.75) is 44.1 Å². The maximum absolute atomic E-state index is 12.3. The van der Waals surface area contributed by atoms with Crippen LogP contribution in [0.25, 0.3) is 10.2 Å². The fraction of sp³-hybridized carbons (Fsp3) is 0.562. The number of nitrogens with zero attached hydrogens (tertiary/aromatic N) is 3.